The van der Waals surface area contributed by atoms with Gasteiger partial charge in [0.25, 0.3) is 16.0 Å². The van der Waals surface area contributed by atoms with Crippen LogP contribution in [0.5, 0.6) is 5.75 Å². The van der Waals surface area contributed by atoms with Crippen LogP contribution in [0.4, 0.5) is 24.5 Å². The highest BCUT2D eigenvalue weighted by Gasteiger charge is 2.32. The summed E-state index contributed by atoms with van der Waals surface area (Å²) >= 11 is 0. The Morgan fingerprint density at radius 1 is 1.16 bits per heavy atom. The van der Waals surface area contributed by atoms with Gasteiger partial charge in [-0.3, -0.25) is 9.35 Å². The van der Waals surface area contributed by atoms with Crippen LogP contribution in [-0.2, 0) is 21.0 Å². The highest BCUT2D eigenvalue weighted by atomic mass is 32.2. The normalized spacial score (nSPS) is 14.9. The topological polar surface area (TPSA) is 105 Å². The molecule has 0 bridgehead atoms. The number of nitrogens with zero attached hydrogens (tertiary/aromatic N) is 1. The maximum absolute atomic E-state index is 13.2. The van der Waals surface area contributed by atoms with Crippen molar-refractivity contribution in [2.24, 2.45) is 0 Å². The molecule has 3 rings (SSSR count). The Hall–Kier alpha value is -2.83. The van der Waals surface area contributed by atoms with E-state index in [-0.39, 0.29) is 17.0 Å². The third kappa shape index (κ3) is 5.27. The number of ether oxygens (including phenoxy) is 2. The van der Waals surface area contributed by atoms with Gasteiger partial charge in [0, 0.05) is 18.7 Å². The lowest BCUT2D eigenvalue weighted by molar-refractivity contribution is -0.137. The van der Waals surface area contributed by atoms with Gasteiger partial charge in [-0.15, -0.1) is 0 Å². The summed E-state index contributed by atoms with van der Waals surface area (Å²) in [7, 11) is -3.52. The van der Waals surface area contributed by atoms with E-state index in [9.17, 15) is 30.9 Å². The van der Waals surface area contributed by atoms with Gasteiger partial charge in [0.1, 0.15) is 10.6 Å². The second-order valence-corrected chi connectivity index (χ2v) is 8.01. The average molecular weight is 460 g/mol. The predicted octanol–water partition coefficient (Wildman–Crippen LogP) is 3.05. The van der Waals surface area contributed by atoms with Crippen molar-refractivity contribution in [3.05, 3.63) is 47.5 Å². The molecule has 0 unspecified atom stereocenters. The Balaban J connectivity index is 1.99. The zero-order valence-corrected chi connectivity index (χ0v) is 17.1. The summed E-state index contributed by atoms with van der Waals surface area (Å²) in [6.45, 7) is 1.60. The lowest BCUT2D eigenvalue weighted by Gasteiger charge is -2.31. The second kappa shape index (κ2) is 8.73. The molecule has 0 aliphatic carbocycles. The molecule has 0 radical (unpaired) electrons. The van der Waals surface area contributed by atoms with Crippen molar-refractivity contribution in [2.45, 2.75) is 11.1 Å². The van der Waals surface area contributed by atoms with Gasteiger partial charge in [0.15, 0.2) is 0 Å². The quantitative estimate of drug-likeness (QED) is 0.661. The minimum atomic E-state index is -4.70. The Morgan fingerprint density at radius 2 is 1.84 bits per heavy atom. The lowest BCUT2D eigenvalue weighted by atomic mass is 10.1. The number of hydrogen-bond donors (Lipinski definition) is 2. The molecule has 12 heteroatoms. The molecule has 1 aliphatic heterocycles. The number of anilines is 2. The van der Waals surface area contributed by atoms with Crippen LogP contribution in [0.2, 0.25) is 0 Å². The fourth-order valence-corrected chi connectivity index (χ4v) is 3.79. The first-order valence-electron chi connectivity index (χ1n) is 9.01. The van der Waals surface area contributed by atoms with Crippen molar-refractivity contribution in [3.8, 4) is 5.75 Å². The van der Waals surface area contributed by atoms with Crippen molar-refractivity contribution < 1.29 is 40.4 Å². The minimum Gasteiger partial charge on any atom is -0.495 e. The van der Waals surface area contributed by atoms with E-state index in [0.717, 1.165) is 24.3 Å². The van der Waals surface area contributed by atoms with Crippen LogP contribution in [0.15, 0.2) is 41.3 Å². The summed E-state index contributed by atoms with van der Waals surface area (Å²) in [5.41, 5.74) is -0.869. The van der Waals surface area contributed by atoms with Crippen molar-refractivity contribution in [1.82, 2.24) is 0 Å². The Morgan fingerprint density at radius 3 is 2.42 bits per heavy atom. The number of methoxy groups -OCH3 is 1. The smallest absolute Gasteiger partial charge is 0.416 e. The molecule has 31 heavy (non-hydrogen) atoms. The zero-order valence-electron chi connectivity index (χ0n) is 16.3. The summed E-state index contributed by atoms with van der Waals surface area (Å²) < 4.78 is 82.2. The average Bonchev–Trinajstić information content (AvgIpc) is 2.72. The van der Waals surface area contributed by atoms with E-state index in [1.54, 1.807) is 4.90 Å². The number of amides is 1. The van der Waals surface area contributed by atoms with E-state index in [2.05, 4.69) is 5.32 Å². The maximum Gasteiger partial charge on any atom is 0.416 e. The fraction of sp³-hybridized carbons (Fsp3) is 0.316. The van der Waals surface area contributed by atoms with Gasteiger partial charge < -0.3 is 19.7 Å². The third-order valence-corrected chi connectivity index (χ3v) is 5.50. The highest BCUT2D eigenvalue weighted by Crippen LogP contribution is 2.36. The molecule has 8 nitrogen and oxygen atoms in total. The summed E-state index contributed by atoms with van der Waals surface area (Å²) in [6, 6.07) is 6.27. The molecule has 1 amide bonds. The van der Waals surface area contributed by atoms with Crippen LogP contribution in [0.1, 0.15) is 15.9 Å². The van der Waals surface area contributed by atoms with E-state index >= 15 is 0 Å². The van der Waals surface area contributed by atoms with E-state index in [0.29, 0.717) is 32.0 Å². The minimum absolute atomic E-state index is 0.0917. The molecule has 2 aromatic rings. The van der Waals surface area contributed by atoms with Gasteiger partial charge in [0.05, 0.1) is 37.3 Å². The van der Waals surface area contributed by atoms with Gasteiger partial charge in [-0.25, -0.2) is 0 Å². The molecular weight excluding hydrogens is 441 g/mol. The van der Waals surface area contributed by atoms with Gasteiger partial charge in [0.2, 0.25) is 0 Å². The Bertz CT molecular complexity index is 1080. The van der Waals surface area contributed by atoms with Crippen molar-refractivity contribution in [1.29, 1.82) is 0 Å². The number of nitrogens with one attached hydrogen (secondary N) is 1. The molecule has 0 saturated carbocycles. The standard InChI is InChI=1S/C19H19F3N2O6S/c1-29-16-5-2-12(10-17(16)31(26,27)28)18(25)23-14-11-13(19(20,21)22)3-4-15(14)24-6-8-30-9-7-24/h2-5,10-11H,6-9H2,1H3,(H,23,25)(H,26,27,28). The van der Waals surface area contributed by atoms with Crippen LogP contribution in [0.3, 0.4) is 0 Å². The molecule has 1 heterocycles. The van der Waals surface area contributed by atoms with Crippen LogP contribution in [0.25, 0.3) is 0 Å². The van der Waals surface area contributed by atoms with Crippen LogP contribution >= 0.6 is 0 Å². The number of hydrogen-bond acceptors (Lipinski definition) is 6. The number of benzene rings is 2. The number of carbonyl (C=O) groups excluding carboxylic acids is 1. The largest absolute Gasteiger partial charge is 0.495 e. The Kier molecular flexibility index (Phi) is 6.43. The highest BCUT2D eigenvalue weighted by molar-refractivity contribution is 7.86. The lowest BCUT2D eigenvalue weighted by Crippen LogP contribution is -2.36. The zero-order chi connectivity index (χ0) is 22.8. The van der Waals surface area contributed by atoms with Crippen molar-refractivity contribution in [3.63, 3.8) is 0 Å². The first-order chi connectivity index (χ1) is 14.5. The molecule has 2 N–H and O–H groups in total. The molecule has 0 aromatic heterocycles. The molecule has 168 valence electrons. The van der Waals surface area contributed by atoms with E-state index in [1.807, 2.05) is 0 Å². The predicted molar refractivity (Wildman–Crippen MR) is 105 cm³/mol. The molecule has 1 aliphatic rings. The number of carbonyl (C=O) groups is 1. The SMILES string of the molecule is COc1ccc(C(=O)Nc2cc(C(F)(F)F)ccc2N2CCOCC2)cc1S(=O)(=O)O. The molecule has 1 saturated heterocycles. The second-order valence-electron chi connectivity index (χ2n) is 6.62. The van der Waals surface area contributed by atoms with Crippen LogP contribution in [0, 0.1) is 0 Å². The summed E-state index contributed by atoms with van der Waals surface area (Å²) in [5.74, 6) is -1.05. The summed E-state index contributed by atoms with van der Waals surface area (Å²) in [4.78, 5) is 13.9. The van der Waals surface area contributed by atoms with Gasteiger partial charge >= 0.3 is 6.18 Å². The molecular formula is C19H19F3N2O6S. The number of alkyl halides is 3. The van der Waals surface area contributed by atoms with Crippen molar-refractivity contribution in [2.75, 3.05) is 43.6 Å². The monoisotopic (exact) mass is 460 g/mol. The number of rotatable bonds is 5. The Labute approximate surface area is 176 Å². The molecule has 0 atom stereocenters. The number of morpholine rings is 1. The first-order valence-corrected chi connectivity index (χ1v) is 10.5. The third-order valence-electron chi connectivity index (χ3n) is 4.63. The van der Waals surface area contributed by atoms with Crippen molar-refractivity contribution >= 4 is 27.4 Å². The van der Waals surface area contributed by atoms with Gasteiger partial charge in [-0.05, 0) is 36.4 Å². The molecule has 1 fully saturated rings. The summed E-state index contributed by atoms with van der Waals surface area (Å²) in [5, 5.41) is 2.41. The van der Waals surface area contributed by atoms with Gasteiger partial charge in [-0.1, -0.05) is 0 Å². The first kappa shape index (κ1) is 22.8. The van der Waals surface area contributed by atoms with E-state index < -0.39 is 32.7 Å². The maximum atomic E-state index is 13.2. The molecule has 0 spiro atoms. The van der Waals surface area contributed by atoms with Gasteiger partial charge in [-0.2, -0.15) is 21.6 Å². The molecule has 2 aromatic carbocycles. The van der Waals surface area contributed by atoms with Crippen LogP contribution < -0.4 is 15.0 Å². The van der Waals surface area contributed by atoms with E-state index in [4.69, 9.17) is 9.47 Å². The number of halogens is 3. The van der Waals surface area contributed by atoms with E-state index in [1.165, 1.54) is 19.2 Å². The van der Waals surface area contributed by atoms with Crippen LogP contribution in [-0.4, -0.2) is 52.3 Å². The fourth-order valence-electron chi connectivity index (χ4n) is 3.11. The summed E-state index contributed by atoms with van der Waals surface area (Å²) in [6.07, 6.45) is -4.62.